The van der Waals surface area contributed by atoms with Crippen molar-refractivity contribution in [1.82, 2.24) is 19.5 Å². The number of amides is 1. The largest absolute Gasteiger partial charge is 0.493 e. The van der Waals surface area contributed by atoms with Crippen molar-refractivity contribution in [2.45, 2.75) is 13.0 Å². The Morgan fingerprint density at radius 2 is 1.81 bits per heavy atom. The summed E-state index contributed by atoms with van der Waals surface area (Å²) in [6.45, 7) is 1.28. The molecule has 0 N–H and O–H groups in total. The lowest BCUT2D eigenvalue weighted by molar-refractivity contribution is 0.0736. The SMILES string of the molecule is COc1ccc(-c2ccnc3c(C(=O)N4CCc5ccccc5C4)cnn23)cc1OC. The number of fused-ring (bicyclic) bond motifs is 2. The van der Waals surface area contributed by atoms with E-state index in [1.54, 1.807) is 31.1 Å². The average molecular weight is 414 g/mol. The maximum absolute atomic E-state index is 13.3. The maximum Gasteiger partial charge on any atom is 0.259 e. The summed E-state index contributed by atoms with van der Waals surface area (Å²) in [6, 6.07) is 15.8. The van der Waals surface area contributed by atoms with Crippen LogP contribution in [0.15, 0.2) is 60.9 Å². The summed E-state index contributed by atoms with van der Waals surface area (Å²) in [7, 11) is 3.21. The van der Waals surface area contributed by atoms with E-state index in [1.807, 2.05) is 41.3 Å². The molecule has 7 heteroatoms. The first-order valence-corrected chi connectivity index (χ1v) is 10.1. The van der Waals surface area contributed by atoms with E-state index in [-0.39, 0.29) is 5.91 Å². The van der Waals surface area contributed by atoms with Crippen LogP contribution in [0.2, 0.25) is 0 Å². The predicted octanol–water partition coefficient (Wildman–Crippen LogP) is 3.61. The summed E-state index contributed by atoms with van der Waals surface area (Å²) < 4.78 is 12.5. The van der Waals surface area contributed by atoms with Crippen molar-refractivity contribution in [3.05, 3.63) is 77.6 Å². The zero-order valence-electron chi connectivity index (χ0n) is 17.4. The Hall–Kier alpha value is -3.87. The third-order valence-corrected chi connectivity index (χ3v) is 5.73. The first-order chi connectivity index (χ1) is 15.2. The van der Waals surface area contributed by atoms with Gasteiger partial charge in [0.25, 0.3) is 5.91 Å². The minimum atomic E-state index is -0.0542. The molecule has 0 radical (unpaired) electrons. The number of benzene rings is 2. The van der Waals surface area contributed by atoms with Gasteiger partial charge in [-0.05, 0) is 41.8 Å². The fourth-order valence-electron chi connectivity index (χ4n) is 4.10. The molecule has 3 heterocycles. The van der Waals surface area contributed by atoms with Gasteiger partial charge in [0.05, 0.1) is 26.1 Å². The molecule has 0 saturated heterocycles. The van der Waals surface area contributed by atoms with Crippen LogP contribution >= 0.6 is 0 Å². The highest BCUT2D eigenvalue weighted by atomic mass is 16.5. The van der Waals surface area contributed by atoms with E-state index in [0.29, 0.717) is 35.8 Å². The first kappa shape index (κ1) is 19.1. The van der Waals surface area contributed by atoms with Crippen LogP contribution in [0.4, 0.5) is 0 Å². The number of methoxy groups -OCH3 is 2. The van der Waals surface area contributed by atoms with Gasteiger partial charge in [-0.15, -0.1) is 0 Å². The first-order valence-electron chi connectivity index (χ1n) is 10.1. The van der Waals surface area contributed by atoms with Crippen molar-refractivity contribution in [1.29, 1.82) is 0 Å². The molecule has 2 aromatic carbocycles. The second-order valence-electron chi connectivity index (χ2n) is 7.44. The fraction of sp³-hybridized carbons (Fsp3) is 0.208. The zero-order chi connectivity index (χ0) is 21.4. The molecule has 1 aliphatic rings. The Morgan fingerprint density at radius 3 is 2.61 bits per heavy atom. The van der Waals surface area contributed by atoms with Gasteiger partial charge in [0.15, 0.2) is 17.1 Å². The lowest BCUT2D eigenvalue weighted by Gasteiger charge is -2.28. The number of rotatable bonds is 4. The van der Waals surface area contributed by atoms with Gasteiger partial charge in [-0.3, -0.25) is 4.79 Å². The minimum absolute atomic E-state index is 0.0542. The topological polar surface area (TPSA) is 69.0 Å². The highest BCUT2D eigenvalue weighted by Gasteiger charge is 2.25. The van der Waals surface area contributed by atoms with Crippen molar-refractivity contribution < 1.29 is 14.3 Å². The molecule has 156 valence electrons. The van der Waals surface area contributed by atoms with Gasteiger partial charge in [0, 0.05) is 24.8 Å². The van der Waals surface area contributed by atoms with Crippen molar-refractivity contribution in [3.63, 3.8) is 0 Å². The fourth-order valence-corrected chi connectivity index (χ4v) is 4.10. The normalized spacial score (nSPS) is 13.2. The van der Waals surface area contributed by atoms with Gasteiger partial charge in [-0.1, -0.05) is 24.3 Å². The van der Waals surface area contributed by atoms with Gasteiger partial charge in [-0.25, -0.2) is 9.50 Å². The average Bonchev–Trinajstić information content (AvgIpc) is 3.27. The smallest absolute Gasteiger partial charge is 0.259 e. The van der Waals surface area contributed by atoms with E-state index in [2.05, 4.69) is 22.2 Å². The molecule has 0 fully saturated rings. The van der Waals surface area contributed by atoms with Crippen LogP contribution in [0, 0.1) is 0 Å². The molecule has 0 bridgehead atoms. The van der Waals surface area contributed by atoms with Crippen molar-refractivity contribution in [2.24, 2.45) is 0 Å². The lowest BCUT2D eigenvalue weighted by atomic mass is 9.99. The van der Waals surface area contributed by atoms with Crippen LogP contribution in [0.3, 0.4) is 0 Å². The molecule has 1 amide bonds. The third-order valence-electron chi connectivity index (χ3n) is 5.73. The summed E-state index contributed by atoms with van der Waals surface area (Å²) in [4.78, 5) is 19.6. The second kappa shape index (κ2) is 7.75. The standard InChI is InChI=1S/C24H22N4O3/c1-30-21-8-7-17(13-22(21)31-2)20-9-11-25-23-19(14-26-28(20)23)24(29)27-12-10-16-5-3-4-6-18(16)15-27/h3-9,11,13-14H,10,12,15H2,1-2H3. The zero-order valence-corrected chi connectivity index (χ0v) is 17.4. The van der Waals surface area contributed by atoms with E-state index >= 15 is 0 Å². The second-order valence-corrected chi connectivity index (χ2v) is 7.44. The van der Waals surface area contributed by atoms with E-state index in [0.717, 1.165) is 17.7 Å². The van der Waals surface area contributed by atoms with Crippen molar-refractivity contribution in [3.8, 4) is 22.8 Å². The number of carbonyl (C=O) groups is 1. The molecular weight excluding hydrogens is 392 g/mol. The molecular formula is C24H22N4O3. The molecule has 0 spiro atoms. The van der Waals surface area contributed by atoms with Gasteiger partial charge >= 0.3 is 0 Å². The summed E-state index contributed by atoms with van der Waals surface area (Å²) in [5, 5.41) is 4.49. The Bertz CT molecular complexity index is 1280. The third kappa shape index (κ3) is 3.28. The minimum Gasteiger partial charge on any atom is -0.493 e. The number of nitrogens with zero attached hydrogens (tertiary/aromatic N) is 4. The van der Waals surface area contributed by atoms with Gasteiger partial charge in [0.2, 0.25) is 0 Å². The molecule has 7 nitrogen and oxygen atoms in total. The quantitative estimate of drug-likeness (QED) is 0.510. The number of ether oxygens (including phenoxy) is 2. The van der Waals surface area contributed by atoms with Crippen LogP contribution in [0.25, 0.3) is 16.9 Å². The molecule has 2 aromatic heterocycles. The molecule has 0 atom stereocenters. The Balaban J connectivity index is 1.51. The Labute approximate surface area is 179 Å². The summed E-state index contributed by atoms with van der Waals surface area (Å²) in [6.07, 6.45) is 4.16. The van der Waals surface area contributed by atoms with Crippen molar-refractivity contribution >= 4 is 11.6 Å². The van der Waals surface area contributed by atoms with E-state index in [1.165, 1.54) is 11.1 Å². The Kier molecular flexibility index (Phi) is 4.78. The number of carbonyl (C=O) groups excluding carboxylic acids is 1. The highest BCUT2D eigenvalue weighted by molar-refractivity contribution is 6.00. The monoisotopic (exact) mass is 414 g/mol. The van der Waals surface area contributed by atoms with Crippen LogP contribution in [-0.2, 0) is 13.0 Å². The number of aromatic nitrogens is 3. The van der Waals surface area contributed by atoms with Crippen molar-refractivity contribution in [2.75, 3.05) is 20.8 Å². The van der Waals surface area contributed by atoms with Gasteiger partial charge in [-0.2, -0.15) is 5.10 Å². The maximum atomic E-state index is 13.3. The van der Waals surface area contributed by atoms with Gasteiger partial charge < -0.3 is 14.4 Å². The van der Waals surface area contributed by atoms with E-state index < -0.39 is 0 Å². The highest BCUT2D eigenvalue weighted by Crippen LogP contribution is 2.32. The van der Waals surface area contributed by atoms with Gasteiger partial charge in [0.1, 0.15) is 5.56 Å². The van der Waals surface area contributed by atoms with Crippen LogP contribution < -0.4 is 9.47 Å². The summed E-state index contributed by atoms with van der Waals surface area (Å²) >= 11 is 0. The molecule has 31 heavy (non-hydrogen) atoms. The molecule has 0 aliphatic carbocycles. The predicted molar refractivity (Wildman–Crippen MR) is 116 cm³/mol. The molecule has 5 rings (SSSR count). The van der Waals surface area contributed by atoms with E-state index in [9.17, 15) is 4.79 Å². The molecule has 0 saturated carbocycles. The number of hydrogen-bond acceptors (Lipinski definition) is 5. The van der Waals surface area contributed by atoms with Crippen LogP contribution in [-0.4, -0.2) is 46.2 Å². The summed E-state index contributed by atoms with van der Waals surface area (Å²) in [5.74, 6) is 1.22. The lowest BCUT2D eigenvalue weighted by Crippen LogP contribution is -2.35. The number of hydrogen-bond donors (Lipinski definition) is 0. The molecule has 0 unspecified atom stereocenters. The van der Waals surface area contributed by atoms with Crippen LogP contribution in [0.1, 0.15) is 21.5 Å². The van der Waals surface area contributed by atoms with Crippen LogP contribution in [0.5, 0.6) is 11.5 Å². The Morgan fingerprint density at radius 1 is 1.00 bits per heavy atom. The molecule has 1 aliphatic heterocycles. The van der Waals surface area contributed by atoms with E-state index in [4.69, 9.17) is 9.47 Å². The molecule has 4 aromatic rings. The summed E-state index contributed by atoms with van der Waals surface area (Å²) in [5.41, 5.74) is 5.24.